The van der Waals surface area contributed by atoms with Crippen LogP contribution < -0.4 is 10.5 Å². The summed E-state index contributed by atoms with van der Waals surface area (Å²) in [5, 5.41) is -1.42. The van der Waals surface area contributed by atoms with Crippen LogP contribution in [-0.2, 0) is 26.8 Å². The van der Waals surface area contributed by atoms with Gasteiger partial charge in [0.15, 0.2) is 0 Å². The van der Waals surface area contributed by atoms with Crippen molar-refractivity contribution in [2.45, 2.75) is 17.3 Å². The summed E-state index contributed by atoms with van der Waals surface area (Å²) in [5.41, 5.74) is 5.16. The lowest BCUT2D eigenvalue weighted by atomic mass is 9.89. The molecule has 0 unspecified atom stereocenters. The molecule has 1 heterocycles. The predicted octanol–water partition coefficient (Wildman–Crippen LogP) is 2.60. The Kier molecular flexibility index (Phi) is 7.59. The van der Waals surface area contributed by atoms with Gasteiger partial charge in [0, 0.05) is 38.3 Å². The smallest absolute Gasteiger partial charge is 0.410 e. The number of carbonyl (C=O) groups is 1. The number of likely N-dealkylation sites (tertiary alicyclic amines) is 1. The minimum Gasteiger partial charge on any atom is -0.497 e. The highest BCUT2D eigenvalue weighted by atomic mass is 32.2. The molecule has 34 heavy (non-hydrogen) atoms. The molecule has 0 radical (unpaired) electrons. The van der Waals surface area contributed by atoms with Crippen LogP contribution in [0.5, 0.6) is 5.75 Å². The molecule has 2 aromatic rings. The number of methoxy groups -OCH3 is 1. The number of sulfonamides is 1. The molecule has 11 heteroatoms. The van der Waals surface area contributed by atoms with Crippen LogP contribution in [0.1, 0.15) is 11.1 Å². The van der Waals surface area contributed by atoms with Gasteiger partial charge in [-0.3, -0.25) is 0 Å². The predicted molar refractivity (Wildman–Crippen MR) is 123 cm³/mol. The van der Waals surface area contributed by atoms with E-state index in [4.69, 9.17) is 15.2 Å². The molecule has 184 valence electrons. The molecule has 3 rings (SSSR count). The quantitative estimate of drug-likeness (QED) is 0.565. The van der Waals surface area contributed by atoms with Gasteiger partial charge in [-0.05, 0) is 23.8 Å². The van der Waals surface area contributed by atoms with Crippen molar-refractivity contribution in [1.29, 1.82) is 0 Å². The first-order valence-corrected chi connectivity index (χ1v) is 11.9. The second-order valence-electron chi connectivity index (χ2n) is 8.05. The first-order valence-electron chi connectivity index (χ1n) is 10.4. The largest absolute Gasteiger partial charge is 0.497 e. The number of ether oxygens (including phenoxy) is 2. The average Bonchev–Trinajstić information content (AvgIpc) is 3.17. The molecule has 0 bridgehead atoms. The van der Waals surface area contributed by atoms with Gasteiger partial charge in [0.2, 0.25) is 10.0 Å². The summed E-state index contributed by atoms with van der Waals surface area (Å²) in [4.78, 5) is 13.6. The van der Waals surface area contributed by atoms with Crippen LogP contribution in [0.2, 0.25) is 0 Å². The van der Waals surface area contributed by atoms with Crippen LogP contribution in [0.15, 0.2) is 55.1 Å². The normalized spacial score (nSPS) is 20.4. The molecule has 2 aromatic carbocycles. The van der Waals surface area contributed by atoms with Crippen molar-refractivity contribution in [3.05, 3.63) is 77.9 Å². The van der Waals surface area contributed by atoms with E-state index in [9.17, 15) is 22.0 Å². The molecule has 1 amide bonds. The SMILES string of the molecule is C=CCOC(=O)N1C[C@H](S(=O)(=O)N(C)Cc2ccc(OC)cc2)[C@](N)(c2ccc(F)cc2F)C1. The molecule has 0 aliphatic carbocycles. The van der Waals surface area contributed by atoms with Gasteiger partial charge >= 0.3 is 6.09 Å². The number of benzene rings is 2. The van der Waals surface area contributed by atoms with Gasteiger partial charge in [-0.25, -0.2) is 26.3 Å². The van der Waals surface area contributed by atoms with Crippen LogP contribution in [0.4, 0.5) is 13.6 Å². The molecule has 1 fully saturated rings. The number of amides is 1. The Morgan fingerprint density at radius 2 is 1.97 bits per heavy atom. The highest BCUT2D eigenvalue weighted by molar-refractivity contribution is 7.89. The number of halogens is 2. The average molecular weight is 496 g/mol. The van der Waals surface area contributed by atoms with E-state index in [1.807, 2.05) is 0 Å². The molecule has 0 spiro atoms. The van der Waals surface area contributed by atoms with Gasteiger partial charge < -0.3 is 20.1 Å². The van der Waals surface area contributed by atoms with Crippen molar-refractivity contribution in [3.63, 3.8) is 0 Å². The van der Waals surface area contributed by atoms with Crippen molar-refractivity contribution in [1.82, 2.24) is 9.21 Å². The summed E-state index contributed by atoms with van der Waals surface area (Å²) in [7, 11) is -1.28. The van der Waals surface area contributed by atoms with E-state index in [0.29, 0.717) is 17.4 Å². The maximum Gasteiger partial charge on any atom is 0.410 e. The fraction of sp³-hybridized carbons (Fsp3) is 0.348. The van der Waals surface area contributed by atoms with E-state index >= 15 is 0 Å². The van der Waals surface area contributed by atoms with Gasteiger partial charge in [0.25, 0.3) is 0 Å². The van der Waals surface area contributed by atoms with Gasteiger partial charge in [0.05, 0.1) is 12.6 Å². The molecule has 1 aliphatic heterocycles. The summed E-state index contributed by atoms with van der Waals surface area (Å²) in [5.74, 6) is -1.21. The molecular weight excluding hydrogens is 468 g/mol. The lowest BCUT2D eigenvalue weighted by molar-refractivity contribution is 0.119. The second-order valence-corrected chi connectivity index (χ2v) is 10.3. The minimum atomic E-state index is -4.18. The van der Waals surface area contributed by atoms with E-state index in [0.717, 1.165) is 21.3 Å². The van der Waals surface area contributed by atoms with Gasteiger partial charge in [-0.2, -0.15) is 0 Å². The third-order valence-electron chi connectivity index (χ3n) is 5.79. The Morgan fingerprint density at radius 1 is 1.29 bits per heavy atom. The lowest BCUT2D eigenvalue weighted by Crippen LogP contribution is -2.54. The zero-order chi connectivity index (χ0) is 25.1. The topological polar surface area (TPSA) is 102 Å². The van der Waals surface area contributed by atoms with Crippen molar-refractivity contribution in [2.75, 3.05) is 33.9 Å². The Hall–Kier alpha value is -3.02. The molecule has 1 aliphatic rings. The van der Waals surface area contributed by atoms with E-state index < -0.39 is 38.5 Å². The van der Waals surface area contributed by atoms with Crippen molar-refractivity contribution in [3.8, 4) is 5.75 Å². The van der Waals surface area contributed by atoms with Crippen molar-refractivity contribution in [2.24, 2.45) is 5.73 Å². The molecular formula is C23H27F2N3O5S. The summed E-state index contributed by atoms with van der Waals surface area (Å²) < 4.78 is 66.8. The van der Waals surface area contributed by atoms with Crippen molar-refractivity contribution >= 4 is 16.1 Å². The number of hydrogen-bond acceptors (Lipinski definition) is 6. The third kappa shape index (κ3) is 5.06. The van der Waals surface area contributed by atoms with Crippen LogP contribution in [0.25, 0.3) is 0 Å². The zero-order valence-corrected chi connectivity index (χ0v) is 19.7. The van der Waals surface area contributed by atoms with E-state index in [1.54, 1.807) is 24.3 Å². The van der Waals surface area contributed by atoms with Gasteiger partial charge in [0.1, 0.15) is 29.2 Å². The first kappa shape index (κ1) is 25.6. The summed E-state index contributed by atoms with van der Waals surface area (Å²) in [6.07, 6.45) is 0.549. The van der Waals surface area contributed by atoms with E-state index in [2.05, 4.69) is 6.58 Å². The Bertz CT molecular complexity index is 1160. The number of carbonyl (C=O) groups excluding carboxylic acids is 1. The fourth-order valence-corrected chi connectivity index (χ4v) is 5.85. The highest BCUT2D eigenvalue weighted by Gasteiger charge is 2.55. The van der Waals surface area contributed by atoms with Gasteiger partial charge in [-0.15, -0.1) is 0 Å². The Labute approximate surface area is 197 Å². The van der Waals surface area contributed by atoms with E-state index in [-0.39, 0.29) is 31.8 Å². The first-order chi connectivity index (χ1) is 16.0. The summed E-state index contributed by atoms with van der Waals surface area (Å²) >= 11 is 0. The van der Waals surface area contributed by atoms with Crippen LogP contribution in [0.3, 0.4) is 0 Å². The zero-order valence-electron chi connectivity index (χ0n) is 18.9. The summed E-state index contributed by atoms with van der Waals surface area (Å²) in [6, 6.07) is 9.56. The molecule has 2 N–H and O–H groups in total. The maximum atomic E-state index is 14.8. The number of nitrogens with zero attached hydrogens (tertiary/aromatic N) is 2. The molecule has 0 saturated carbocycles. The monoisotopic (exact) mass is 495 g/mol. The maximum absolute atomic E-state index is 14.8. The number of hydrogen-bond donors (Lipinski definition) is 1. The van der Waals surface area contributed by atoms with Crippen LogP contribution in [0, 0.1) is 11.6 Å². The number of nitrogens with two attached hydrogens (primary N) is 1. The van der Waals surface area contributed by atoms with Crippen molar-refractivity contribution < 1.29 is 31.5 Å². The van der Waals surface area contributed by atoms with E-state index in [1.165, 1.54) is 20.2 Å². The Balaban J connectivity index is 1.97. The third-order valence-corrected chi connectivity index (χ3v) is 8.07. The Morgan fingerprint density at radius 3 is 2.56 bits per heavy atom. The van der Waals surface area contributed by atoms with Crippen LogP contribution >= 0.6 is 0 Å². The second kappa shape index (κ2) is 10.1. The molecule has 2 atom stereocenters. The number of rotatable bonds is 8. The standard InChI is InChI=1S/C23H27F2N3O5S/c1-4-11-33-22(29)28-14-21(23(26,15-28)19-10-7-17(24)12-20(19)25)34(30,31)27(2)13-16-5-8-18(32-3)9-6-16/h4-10,12,21H,1,11,13-15,26H2,2-3H3/t21-,23+/m0/s1. The lowest BCUT2D eigenvalue weighted by Gasteiger charge is -2.33. The van der Waals surface area contributed by atoms with Crippen LogP contribution in [-0.4, -0.2) is 62.8 Å². The fourth-order valence-electron chi connectivity index (χ4n) is 3.99. The van der Waals surface area contributed by atoms with Gasteiger partial charge in [-0.1, -0.05) is 30.9 Å². The minimum absolute atomic E-state index is 0.00567. The highest BCUT2D eigenvalue weighted by Crippen LogP contribution is 2.37. The molecule has 8 nitrogen and oxygen atoms in total. The summed E-state index contributed by atoms with van der Waals surface area (Å²) in [6.45, 7) is 2.71. The molecule has 0 aromatic heterocycles. The molecule has 1 saturated heterocycles.